The van der Waals surface area contributed by atoms with Crippen LogP contribution in [0.15, 0.2) is 36.5 Å². The largest absolute Gasteiger partial charge is 0.477 e. The Labute approximate surface area is 97.1 Å². The molecule has 0 aliphatic rings. The first-order chi connectivity index (χ1) is 8.16. The number of carboxylic acid groups (broad SMARTS) is 1. The fraction of sp³-hybridized carbons (Fsp3) is 0.0769. The van der Waals surface area contributed by atoms with Gasteiger partial charge >= 0.3 is 5.97 Å². The van der Waals surface area contributed by atoms with Crippen molar-refractivity contribution in [1.82, 2.24) is 9.38 Å². The Bertz CT molecular complexity index is 744. The van der Waals surface area contributed by atoms with Gasteiger partial charge in [0.15, 0.2) is 5.69 Å². The number of fused-ring (bicyclic) bond motifs is 3. The molecule has 0 aliphatic heterocycles. The Hall–Kier alpha value is -2.36. The molecule has 2 heterocycles. The summed E-state index contributed by atoms with van der Waals surface area (Å²) in [7, 11) is 0. The van der Waals surface area contributed by atoms with Crippen LogP contribution in [0.4, 0.5) is 0 Å². The molecule has 1 N–H and O–H groups in total. The molecule has 0 saturated carbocycles. The number of aromatic carboxylic acids is 1. The van der Waals surface area contributed by atoms with Gasteiger partial charge in [-0.3, -0.25) is 4.40 Å². The Morgan fingerprint density at radius 1 is 1.29 bits per heavy atom. The van der Waals surface area contributed by atoms with E-state index < -0.39 is 5.97 Å². The van der Waals surface area contributed by atoms with Crippen LogP contribution in [-0.2, 0) is 0 Å². The summed E-state index contributed by atoms with van der Waals surface area (Å²) in [6.45, 7) is 2.01. The maximum Gasteiger partial charge on any atom is 0.354 e. The van der Waals surface area contributed by atoms with Crippen molar-refractivity contribution < 1.29 is 9.90 Å². The molecule has 17 heavy (non-hydrogen) atoms. The summed E-state index contributed by atoms with van der Waals surface area (Å²) in [5, 5.41) is 10.1. The molecular weight excluding hydrogens is 216 g/mol. The summed E-state index contributed by atoms with van der Waals surface area (Å²) in [6, 6.07) is 9.70. The smallest absolute Gasteiger partial charge is 0.354 e. The second-order valence-electron chi connectivity index (χ2n) is 4.04. The first-order valence-corrected chi connectivity index (χ1v) is 5.27. The molecule has 0 saturated heterocycles. The Balaban J connectivity index is 2.52. The number of carboxylic acids is 1. The molecule has 84 valence electrons. The number of benzene rings is 1. The lowest BCUT2D eigenvalue weighted by atomic mass is 10.1. The SMILES string of the molecule is Cc1ccc2c(ccc3ncc(C(=O)O)n32)c1. The number of carbonyl (C=O) groups is 1. The van der Waals surface area contributed by atoms with Crippen LogP contribution in [0.1, 0.15) is 16.1 Å². The van der Waals surface area contributed by atoms with E-state index in [1.807, 2.05) is 37.3 Å². The van der Waals surface area contributed by atoms with Gasteiger partial charge in [-0.25, -0.2) is 9.78 Å². The summed E-state index contributed by atoms with van der Waals surface area (Å²) in [6.07, 6.45) is 1.39. The van der Waals surface area contributed by atoms with E-state index in [4.69, 9.17) is 5.11 Å². The van der Waals surface area contributed by atoms with E-state index in [1.54, 1.807) is 4.40 Å². The average Bonchev–Trinajstić information content (AvgIpc) is 2.72. The number of nitrogens with zero attached hydrogens (tertiary/aromatic N) is 2. The molecule has 3 aromatic rings. The third-order valence-electron chi connectivity index (χ3n) is 2.84. The van der Waals surface area contributed by atoms with Crippen molar-refractivity contribution in [3.63, 3.8) is 0 Å². The molecule has 0 unspecified atom stereocenters. The molecule has 0 atom stereocenters. The van der Waals surface area contributed by atoms with Gasteiger partial charge in [0.05, 0.1) is 11.7 Å². The van der Waals surface area contributed by atoms with Gasteiger partial charge < -0.3 is 5.11 Å². The van der Waals surface area contributed by atoms with Crippen LogP contribution in [-0.4, -0.2) is 20.5 Å². The zero-order chi connectivity index (χ0) is 12.0. The maximum atomic E-state index is 11.1. The van der Waals surface area contributed by atoms with E-state index in [1.165, 1.54) is 6.20 Å². The molecule has 1 aromatic carbocycles. The summed E-state index contributed by atoms with van der Waals surface area (Å²) in [5.74, 6) is -0.967. The van der Waals surface area contributed by atoms with Crippen LogP contribution in [0.3, 0.4) is 0 Å². The summed E-state index contributed by atoms with van der Waals surface area (Å²) < 4.78 is 1.66. The van der Waals surface area contributed by atoms with Crippen LogP contribution >= 0.6 is 0 Å². The van der Waals surface area contributed by atoms with Gasteiger partial charge in [0, 0.05) is 0 Å². The molecule has 3 rings (SSSR count). The van der Waals surface area contributed by atoms with E-state index in [0.717, 1.165) is 16.5 Å². The van der Waals surface area contributed by atoms with Crippen LogP contribution in [0, 0.1) is 6.92 Å². The summed E-state index contributed by atoms with van der Waals surface area (Å²) >= 11 is 0. The van der Waals surface area contributed by atoms with Gasteiger partial charge in [-0.2, -0.15) is 0 Å². The average molecular weight is 226 g/mol. The quantitative estimate of drug-likeness (QED) is 0.693. The molecule has 4 heteroatoms. The second-order valence-corrected chi connectivity index (χ2v) is 4.04. The van der Waals surface area contributed by atoms with Gasteiger partial charge in [-0.1, -0.05) is 11.6 Å². The Morgan fingerprint density at radius 3 is 2.88 bits per heavy atom. The molecule has 0 radical (unpaired) electrons. The van der Waals surface area contributed by atoms with E-state index in [0.29, 0.717) is 5.65 Å². The van der Waals surface area contributed by atoms with Crippen molar-refractivity contribution in [3.8, 4) is 0 Å². The number of hydrogen-bond acceptors (Lipinski definition) is 2. The number of rotatable bonds is 1. The highest BCUT2D eigenvalue weighted by atomic mass is 16.4. The molecular formula is C13H10N2O2. The van der Waals surface area contributed by atoms with Gasteiger partial charge in [0.1, 0.15) is 5.65 Å². The predicted octanol–water partition coefficient (Wildman–Crippen LogP) is 2.49. The van der Waals surface area contributed by atoms with Crippen molar-refractivity contribution >= 4 is 22.5 Å². The van der Waals surface area contributed by atoms with Crippen molar-refractivity contribution in [2.45, 2.75) is 6.92 Å². The van der Waals surface area contributed by atoms with Crippen LogP contribution in [0.2, 0.25) is 0 Å². The van der Waals surface area contributed by atoms with E-state index >= 15 is 0 Å². The van der Waals surface area contributed by atoms with Gasteiger partial charge in [0.2, 0.25) is 0 Å². The van der Waals surface area contributed by atoms with Crippen molar-refractivity contribution in [2.75, 3.05) is 0 Å². The highest BCUT2D eigenvalue weighted by Crippen LogP contribution is 2.19. The highest BCUT2D eigenvalue weighted by Gasteiger charge is 2.12. The number of aromatic nitrogens is 2. The monoisotopic (exact) mass is 226 g/mol. The summed E-state index contributed by atoms with van der Waals surface area (Å²) in [5.41, 5.74) is 2.85. The van der Waals surface area contributed by atoms with Crippen molar-refractivity contribution in [3.05, 3.63) is 47.8 Å². The topological polar surface area (TPSA) is 54.6 Å². The number of pyridine rings is 1. The normalized spacial score (nSPS) is 11.1. The lowest BCUT2D eigenvalue weighted by molar-refractivity contribution is 0.0690. The number of imidazole rings is 1. The maximum absolute atomic E-state index is 11.1. The van der Waals surface area contributed by atoms with Gasteiger partial charge in [-0.05, 0) is 36.6 Å². The Kier molecular flexibility index (Phi) is 1.92. The first-order valence-electron chi connectivity index (χ1n) is 5.27. The number of hydrogen-bond donors (Lipinski definition) is 1. The fourth-order valence-corrected chi connectivity index (χ4v) is 2.06. The standard InChI is InChI=1S/C13H10N2O2/c1-8-2-4-10-9(6-8)3-5-12-14-7-11(13(16)17)15(10)12/h2-7H,1H3,(H,16,17). The van der Waals surface area contributed by atoms with Gasteiger partial charge in [-0.15, -0.1) is 0 Å². The van der Waals surface area contributed by atoms with Crippen molar-refractivity contribution in [2.24, 2.45) is 0 Å². The molecule has 4 nitrogen and oxygen atoms in total. The number of aryl methyl sites for hydroxylation is 1. The molecule has 0 amide bonds. The molecule has 0 spiro atoms. The summed E-state index contributed by atoms with van der Waals surface area (Å²) in [4.78, 5) is 15.2. The third-order valence-corrected chi connectivity index (χ3v) is 2.84. The minimum atomic E-state index is -0.967. The zero-order valence-electron chi connectivity index (χ0n) is 9.21. The highest BCUT2D eigenvalue weighted by molar-refractivity contribution is 5.91. The fourth-order valence-electron chi connectivity index (χ4n) is 2.06. The minimum Gasteiger partial charge on any atom is -0.477 e. The molecule has 0 aliphatic carbocycles. The molecule has 2 aromatic heterocycles. The van der Waals surface area contributed by atoms with E-state index in [2.05, 4.69) is 4.98 Å². The second kappa shape index (κ2) is 3.31. The molecule has 0 fully saturated rings. The predicted molar refractivity (Wildman–Crippen MR) is 64.4 cm³/mol. The van der Waals surface area contributed by atoms with Gasteiger partial charge in [0.25, 0.3) is 0 Å². The lowest BCUT2D eigenvalue weighted by Gasteiger charge is -2.04. The van der Waals surface area contributed by atoms with E-state index in [9.17, 15) is 4.79 Å². The zero-order valence-corrected chi connectivity index (χ0v) is 9.21. The lowest BCUT2D eigenvalue weighted by Crippen LogP contribution is -2.02. The first kappa shape index (κ1) is 9.84. The van der Waals surface area contributed by atoms with Crippen molar-refractivity contribution in [1.29, 1.82) is 0 Å². The van der Waals surface area contributed by atoms with Crippen LogP contribution in [0.25, 0.3) is 16.6 Å². The third kappa shape index (κ3) is 1.38. The van der Waals surface area contributed by atoms with Crippen LogP contribution < -0.4 is 0 Å². The van der Waals surface area contributed by atoms with E-state index in [-0.39, 0.29) is 5.69 Å². The molecule has 0 bridgehead atoms. The minimum absolute atomic E-state index is 0.189. The van der Waals surface area contributed by atoms with Crippen LogP contribution in [0.5, 0.6) is 0 Å². The Morgan fingerprint density at radius 2 is 2.12 bits per heavy atom.